The van der Waals surface area contributed by atoms with E-state index in [0.717, 1.165) is 40.5 Å². The van der Waals surface area contributed by atoms with Gasteiger partial charge < -0.3 is 4.90 Å². The van der Waals surface area contributed by atoms with E-state index in [0.29, 0.717) is 12.6 Å². The van der Waals surface area contributed by atoms with Crippen LogP contribution in [0.2, 0.25) is 0 Å². The Balaban J connectivity index is 1.63. The average molecular weight is 449 g/mol. The summed E-state index contributed by atoms with van der Waals surface area (Å²) in [4.78, 5) is 15.3. The number of benzene rings is 1. The summed E-state index contributed by atoms with van der Waals surface area (Å²) in [5.74, 6) is 0.153. The van der Waals surface area contributed by atoms with Gasteiger partial charge in [0, 0.05) is 27.9 Å². The quantitative estimate of drug-likeness (QED) is 0.660. The number of carbonyl (C=O) groups excluding carboxylic acids is 1. The summed E-state index contributed by atoms with van der Waals surface area (Å²) in [6.45, 7) is 0.651. The second-order valence-electron chi connectivity index (χ2n) is 7.23. The van der Waals surface area contributed by atoms with Crippen molar-refractivity contribution in [1.82, 2.24) is 14.7 Å². The molecule has 5 heteroatoms. The van der Waals surface area contributed by atoms with Crippen LogP contribution in [-0.2, 0) is 26.4 Å². The van der Waals surface area contributed by atoms with E-state index < -0.39 is 0 Å². The van der Waals surface area contributed by atoms with Gasteiger partial charge in [0.25, 0.3) is 5.91 Å². The van der Waals surface area contributed by atoms with Crippen LogP contribution in [0.1, 0.15) is 59.4 Å². The van der Waals surface area contributed by atoms with E-state index in [1.807, 2.05) is 36.0 Å². The highest BCUT2D eigenvalue weighted by molar-refractivity contribution is 14.1. The minimum atomic E-state index is 0.153. The van der Waals surface area contributed by atoms with Crippen molar-refractivity contribution in [2.75, 3.05) is 0 Å². The lowest BCUT2D eigenvalue weighted by Crippen LogP contribution is -2.38. The van der Waals surface area contributed by atoms with Gasteiger partial charge in [-0.15, -0.1) is 0 Å². The molecule has 0 spiro atoms. The Bertz CT molecular complexity index is 775. The van der Waals surface area contributed by atoms with Crippen LogP contribution in [0.4, 0.5) is 0 Å². The van der Waals surface area contributed by atoms with Crippen molar-refractivity contribution in [2.24, 2.45) is 7.05 Å². The SMILES string of the molecule is Cn1nc(CN(C(=O)c2ccc(I)cc2)C2CCCC2)c2c1CCC2. The number of halogens is 1. The number of hydrogen-bond donors (Lipinski definition) is 0. The summed E-state index contributed by atoms with van der Waals surface area (Å²) < 4.78 is 3.18. The van der Waals surface area contributed by atoms with Crippen LogP contribution in [0.15, 0.2) is 24.3 Å². The Labute approximate surface area is 162 Å². The van der Waals surface area contributed by atoms with Crippen molar-refractivity contribution >= 4 is 28.5 Å². The lowest BCUT2D eigenvalue weighted by molar-refractivity contribution is 0.0661. The fourth-order valence-corrected chi connectivity index (χ4v) is 4.69. The molecule has 0 aliphatic heterocycles. The number of nitrogens with zero attached hydrogens (tertiary/aromatic N) is 3. The first kappa shape index (κ1) is 17.1. The van der Waals surface area contributed by atoms with E-state index in [1.54, 1.807) is 0 Å². The van der Waals surface area contributed by atoms with Crippen LogP contribution in [0.5, 0.6) is 0 Å². The maximum atomic E-state index is 13.2. The molecule has 1 aromatic heterocycles. The molecule has 4 rings (SSSR count). The molecule has 0 atom stereocenters. The lowest BCUT2D eigenvalue weighted by atomic mass is 10.1. The van der Waals surface area contributed by atoms with Gasteiger partial charge in [-0.05, 0) is 84.5 Å². The molecule has 1 amide bonds. The summed E-state index contributed by atoms with van der Waals surface area (Å²) in [6, 6.07) is 8.29. The van der Waals surface area contributed by atoms with Gasteiger partial charge in [0.15, 0.2) is 0 Å². The highest BCUT2D eigenvalue weighted by atomic mass is 127. The van der Waals surface area contributed by atoms with Gasteiger partial charge in [-0.2, -0.15) is 5.10 Å². The van der Waals surface area contributed by atoms with Crippen LogP contribution >= 0.6 is 22.6 Å². The van der Waals surface area contributed by atoms with Gasteiger partial charge >= 0.3 is 0 Å². The number of aryl methyl sites for hydroxylation is 1. The molecule has 0 saturated heterocycles. The third kappa shape index (κ3) is 3.35. The normalized spacial score (nSPS) is 17.0. The van der Waals surface area contributed by atoms with Crippen LogP contribution in [0.3, 0.4) is 0 Å². The second kappa shape index (κ2) is 7.09. The number of hydrogen-bond acceptors (Lipinski definition) is 2. The maximum Gasteiger partial charge on any atom is 0.254 e. The van der Waals surface area contributed by atoms with Gasteiger partial charge in [-0.25, -0.2) is 0 Å². The van der Waals surface area contributed by atoms with E-state index in [2.05, 4.69) is 27.5 Å². The summed E-state index contributed by atoms with van der Waals surface area (Å²) in [5.41, 5.74) is 4.66. The number of carbonyl (C=O) groups is 1. The monoisotopic (exact) mass is 449 g/mol. The lowest BCUT2D eigenvalue weighted by Gasteiger charge is -2.29. The van der Waals surface area contributed by atoms with Gasteiger partial charge in [-0.1, -0.05) is 12.8 Å². The fraction of sp³-hybridized carbons (Fsp3) is 0.500. The summed E-state index contributed by atoms with van der Waals surface area (Å²) in [7, 11) is 2.04. The molecule has 132 valence electrons. The van der Waals surface area contributed by atoms with Gasteiger partial charge in [0.05, 0.1) is 12.2 Å². The molecule has 1 fully saturated rings. The predicted molar refractivity (Wildman–Crippen MR) is 107 cm³/mol. The Morgan fingerprint density at radius 2 is 1.92 bits per heavy atom. The van der Waals surface area contributed by atoms with Crippen molar-refractivity contribution in [1.29, 1.82) is 0 Å². The number of amides is 1. The molecular weight excluding hydrogens is 425 g/mol. The molecule has 4 nitrogen and oxygen atoms in total. The van der Waals surface area contributed by atoms with Crippen molar-refractivity contribution in [2.45, 2.75) is 57.5 Å². The molecule has 25 heavy (non-hydrogen) atoms. The molecule has 1 heterocycles. The molecule has 0 N–H and O–H groups in total. The molecule has 0 bridgehead atoms. The van der Waals surface area contributed by atoms with E-state index in [4.69, 9.17) is 5.10 Å². The van der Waals surface area contributed by atoms with E-state index in [9.17, 15) is 4.79 Å². The van der Waals surface area contributed by atoms with Crippen LogP contribution in [-0.4, -0.2) is 26.6 Å². The van der Waals surface area contributed by atoms with Crippen LogP contribution in [0.25, 0.3) is 0 Å². The first-order valence-electron chi connectivity index (χ1n) is 9.23. The average Bonchev–Trinajstić information content (AvgIpc) is 3.33. The number of aromatic nitrogens is 2. The Morgan fingerprint density at radius 1 is 1.20 bits per heavy atom. The van der Waals surface area contributed by atoms with Crippen molar-refractivity contribution < 1.29 is 4.79 Å². The molecule has 0 unspecified atom stereocenters. The summed E-state index contributed by atoms with van der Waals surface area (Å²) in [5, 5.41) is 4.76. The van der Waals surface area contributed by atoms with Crippen molar-refractivity contribution in [3.8, 4) is 0 Å². The van der Waals surface area contributed by atoms with Gasteiger partial charge in [0.2, 0.25) is 0 Å². The molecular formula is C20H24IN3O. The van der Waals surface area contributed by atoms with Crippen LogP contribution < -0.4 is 0 Å². The largest absolute Gasteiger partial charge is 0.330 e. The molecule has 2 aliphatic rings. The van der Waals surface area contributed by atoms with Crippen molar-refractivity contribution in [3.05, 3.63) is 50.4 Å². The molecule has 1 saturated carbocycles. The van der Waals surface area contributed by atoms with Crippen LogP contribution in [0, 0.1) is 3.57 Å². The minimum absolute atomic E-state index is 0.153. The zero-order valence-corrected chi connectivity index (χ0v) is 16.8. The first-order chi connectivity index (χ1) is 12.1. The first-order valence-corrected chi connectivity index (χ1v) is 10.3. The molecule has 0 radical (unpaired) electrons. The number of rotatable bonds is 4. The van der Waals surface area contributed by atoms with Gasteiger partial charge in [-0.3, -0.25) is 9.48 Å². The Morgan fingerprint density at radius 3 is 2.64 bits per heavy atom. The summed E-state index contributed by atoms with van der Waals surface area (Å²) in [6.07, 6.45) is 8.11. The molecule has 2 aliphatic carbocycles. The summed E-state index contributed by atoms with van der Waals surface area (Å²) >= 11 is 2.28. The highest BCUT2D eigenvalue weighted by Gasteiger charge is 2.30. The second-order valence-corrected chi connectivity index (χ2v) is 8.47. The molecule has 1 aromatic carbocycles. The smallest absolute Gasteiger partial charge is 0.254 e. The van der Waals surface area contributed by atoms with E-state index in [1.165, 1.54) is 30.5 Å². The van der Waals surface area contributed by atoms with E-state index in [-0.39, 0.29) is 5.91 Å². The van der Waals surface area contributed by atoms with Gasteiger partial charge in [0.1, 0.15) is 0 Å². The van der Waals surface area contributed by atoms with Crippen molar-refractivity contribution in [3.63, 3.8) is 0 Å². The third-order valence-corrected chi connectivity index (χ3v) is 6.36. The Kier molecular flexibility index (Phi) is 4.84. The molecule has 2 aromatic rings. The maximum absolute atomic E-state index is 13.2. The highest BCUT2D eigenvalue weighted by Crippen LogP contribution is 2.30. The minimum Gasteiger partial charge on any atom is -0.330 e. The Hall–Kier alpha value is -1.37. The number of fused-ring (bicyclic) bond motifs is 1. The van der Waals surface area contributed by atoms with E-state index >= 15 is 0 Å². The fourth-order valence-electron chi connectivity index (χ4n) is 4.33. The zero-order chi connectivity index (χ0) is 17.4. The topological polar surface area (TPSA) is 38.1 Å². The third-order valence-electron chi connectivity index (χ3n) is 5.64. The zero-order valence-electron chi connectivity index (χ0n) is 14.7. The predicted octanol–water partition coefficient (Wildman–Crippen LogP) is 4.10. The standard InChI is InChI=1S/C20H24IN3O/c1-23-19-8-4-7-17(19)18(22-23)13-24(16-5-2-3-6-16)20(25)14-9-11-15(21)12-10-14/h9-12,16H,2-8,13H2,1H3.